The molecule has 0 radical (unpaired) electrons. The van der Waals surface area contributed by atoms with Crippen molar-refractivity contribution in [2.24, 2.45) is 0 Å². The first-order valence-electron chi connectivity index (χ1n) is 5.98. The molecule has 0 aromatic heterocycles. The van der Waals surface area contributed by atoms with Crippen molar-refractivity contribution in [3.05, 3.63) is 47.5 Å². The minimum absolute atomic E-state index is 0.00375. The van der Waals surface area contributed by atoms with E-state index in [4.69, 9.17) is 5.73 Å². The van der Waals surface area contributed by atoms with Crippen molar-refractivity contribution >= 4 is 21.4 Å². The fraction of sp³-hybridized carbons (Fsp3) is 0.143. The third-order valence-corrected chi connectivity index (χ3v) is 4.54. The van der Waals surface area contributed by atoms with Crippen LogP contribution in [-0.4, -0.2) is 13.5 Å². The van der Waals surface area contributed by atoms with Crippen molar-refractivity contribution in [3.8, 4) is 5.75 Å². The Hall–Kier alpha value is -2.21. The summed E-state index contributed by atoms with van der Waals surface area (Å²) in [7, 11) is -3.72. The SMILES string of the molecule is Cc1cc(N)cc(C)c1S(=O)(=O)Nc1cccc(O)c1. The molecule has 0 aliphatic carbocycles. The fourth-order valence-corrected chi connectivity index (χ4v) is 3.69. The predicted octanol–water partition coefficient (Wildman–Crippen LogP) is 2.39. The minimum Gasteiger partial charge on any atom is -0.508 e. The number of nitrogens with two attached hydrogens (primary N) is 1. The number of rotatable bonds is 3. The molecule has 0 saturated carbocycles. The largest absolute Gasteiger partial charge is 0.508 e. The zero-order valence-corrected chi connectivity index (χ0v) is 12.0. The van der Waals surface area contributed by atoms with Crippen LogP contribution in [0.15, 0.2) is 41.3 Å². The fourth-order valence-electron chi connectivity index (χ4n) is 2.18. The van der Waals surface area contributed by atoms with Crippen LogP contribution in [0.25, 0.3) is 0 Å². The van der Waals surface area contributed by atoms with Crippen LogP contribution in [0, 0.1) is 13.8 Å². The van der Waals surface area contributed by atoms with Crippen LogP contribution in [0.4, 0.5) is 11.4 Å². The maximum Gasteiger partial charge on any atom is 0.262 e. The van der Waals surface area contributed by atoms with E-state index < -0.39 is 10.0 Å². The Morgan fingerprint density at radius 3 is 2.25 bits per heavy atom. The number of nitrogens with one attached hydrogen (secondary N) is 1. The van der Waals surface area contributed by atoms with Crippen LogP contribution in [-0.2, 0) is 10.0 Å². The van der Waals surface area contributed by atoms with Gasteiger partial charge in [-0.1, -0.05) is 6.07 Å². The molecule has 6 heteroatoms. The van der Waals surface area contributed by atoms with Crippen molar-refractivity contribution in [3.63, 3.8) is 0 Å². The predicted molar refractivity (Wildman–Crippen MR) is 79.2 cm³/mol. The Labute approximate surface area is 118 Å². The molecule has 2 aromatic rings. The molecule has 20 heavy (non-hydrogen) atoms. The van der Waals surface area contributed by atoms with Crippen LogP contribution < -0.4 is 10.5 Å². The molecule has 0 heterocycles. The average molecular weight is 292 g/mol. The van der Waals surface area contributed by atoms with Crippen molar-refractivity contribution < 1.29 is 13.5 Å². The second-order valence-corrected chi connectivity index (χ2v) is 6.26. The number of hydrogen-bond acceptors (Lipinski definition) is 4. The first kappa shape index (κ1) is 14.2. The number of aromatic hydroxyl groups is 1. The molecule has 0 unspecified atom stereocenters. The van der Waals surface area contributed by atoms with E-state index >= 15 is 0 Å². The molecule has 5 nitrogen and oxygen atoms in total. The highest BCUT2D eigenvalue weighted by atomic mass is 32.2. The van der Waals surface area contributed by atoms with Gasteiger partial charge in [-0.25, -0.2) is 8.42 Å². The molecule has 0 saturated heterocycles. The lowest BCUT2D eigenvalue weighted by Gasteiger charge is -2.13. The summed E-state index contributed by atoms with van der Waals surface area (Å²) in [5.74, 6) is -0.00375. The zero-order chi connectivity index (χ0) is 14.9. The van der Waals surface area contributed by atoms with Crippen LogP contribution in [0.1, 0.15) is 11.1 Å². The van der Waals surface area contributed by atoms with Gasteiger partial charge in [-0.15, -0.1) is 0 Å². The van der Waals surface area contributed by atoms with Gasteiger partial charge in [0.1, 0.15) is 5.75 Å². The Morgan fingerprint density at radius 2 is 1.70 bits per heavy atom. The minimum atomic E-state index is -3.72. The van der Waals surface area contributed by atoms with Gasteiger partial charge in [-0.3, -0.25) is 4.72 Å². The summed E-state index contributed by atoms with van der Waals surface area (Å²) in [5, 5.41) is 9.37. The van der Waals surface area contributed by atoms with Gasteiger partial charge in [-0.2, -0.15) is 0 Å². The van der Waals surface area contributed by atoms with Crippen LogP contribution in [0.3, 0.4) is 0 Å². The molecule has 0 aliphatic heterocycles. The van der Waals surface area contributed by atoms with Gasteiger partial charge < -0.3 is 10.8 Å². The van der Waals surface area contributed by atoms with Crippen molar-refractivity contribution in [1.82, 2.24) is 0 Å². The van der Waals surface area contributed by atoms with Gasteiger partial charge >= 0.3 is 0 Å². The lowest BCUT2D eigenvalue weighted by molar-refractivity contribution is 0.475. The summed E-state index contributed by atoms with van der Waals surface area (Å²) in [4.78, 5) is 0.204. The molecule has 106 valence electrons. The van der Waals surface area contributed by atoms with Crippen molar-refractivity contribution in [1.29, 1.82) is 0 Å². The molecule has 0 fully saturated rings. The van der Waals surface area contributed by atoms with Gasteiger partial charge in [0, 0.05) is 11.8 Å². The number of sulfonamides is 1. The van der Waals surface area contributed by atoms with E-state index in [0.717, 1.165) is 0 Å². The Balaban J connectivity index is 2.46. The molecule has 2 aromatic carbocycles. The van der Waals surface area contributed by atoms with E-state index in [2.05, 4.69) is 4.72 Å². The quantitative estimate of drug-likeness (QED) is 0.757. The number of nitrogen functional groups attached to an aromatic ring is 1. The standard InChI is InChI=1S/C14H16N2O3S/c1-9-6-11(15)7-10(2)14(9)20(18,19)16-12-4-3-5-13(17)8-12/h3-8,16-17H,15H2,1-2H3. The van der Waals surface area contributed by atoms with Crippen LogP contribution >= 0.6 is 0 Å². The summed E-state index contributed by atoms with van der Waals surface area (Å²) in [6.07, 6.45) is 0. The van der Waals surface area contributed by atoms with Gasteiger partial charge in [0.25, 0.3) is 10.0 Å². The maximum atomic E-state index is 12.4. The summed E-state index contributed by atoms with van der Waals surface area (Å²) in [6, 6.07) is 9.18. The lowest BCUT2D eigenvalue weighted by atomic mass is 10.1. The van der Waals surface area contributed by atoms with Gasteiger partial charge in [0.05, 0.1) is 10.6 Å². The number of anilines is 2. The molecule has 0 bridgehead atoms. The normalized spacial score (nSPS) is 11.3. The van der Waals surface area contributed by atoms with Crippen molar-refractivity contribution in [2.45, 2.75) is 18.7 Å². The van der Waals surface area contributed by atoms with E-state index in [0.29, 0.717) is 22.5 Å². The maximum absolute atomic E-state index is 12.4. The van der Waals surface area contributed by atoms with E-state index in [1.54, 1.807) is 38.1 Å². The number of phenols is 1. The molecule has 0 aliphatic rings. The average Bonchev–Trinajstić information content (AvgIpc) is 2.25. The molecule has 0 atom stereocenters. The van der Waals surface area contributed by atoms with Crippen LogP contribution in [0.5, 0.6) is 5.75 Å². The Kier molecular flexibility index (Phi) is 3.59. The van der Waals surface area contributed by atoms with Gasteiger partial charge in [0.15, 0.2) is 0 Å². The summed E-state index contributed by atoms with van der Waals surface area (Å²) < 4.78 is 27.3. The van der Waals surface area contributed by atoms with Crippen LogP contribution in [0.2, 0.25) is 0 Å². The molecular weight excluding hydrogens is 276 g/mol. The molecule has 0 spiro atoms. The van der Waals surface area contributed by atoms with Gasteiger partial charge in [-0.05, 0) is 49.2 Å². The van der Waals surface area contributed by atoms with E-state index in [1.807, 2.05) is 0 Å². The van der Waals surface area contributed by atoms with Gasteiger partial charge in [0.2, 0.25) is 0 Å². The van der Waals surface area contributed by atoms with E-state index in [9.17, 15) is 13.5 Å². The highest BCUT2D eigenvalue weighted by Crippen LogP contribution is 2.26. The summed E-state index contributed by atoms with van der Waals surface area (Å²) in [5.41, 5.74) is 7.68. The summed E-state index contributed by atoms with van der Waals surface area (Å²) in [6.45, 7) is 3.39. The summed E-state index contributed by atoms with van der Waals surface area (Å²) >= 11 is 0. The zero-order valence-electron chi connectivity index (χ0n) is 11.2. The lowest BCUT2D eigenvalue weighted by Crippen LogP contribution is -2.16. The number of phenolic OH excluding ortho intramolecular Hbond substituents is 1. The molecule has 2 rings (SSSR count). The number of benzene rings is 2. The number of hydrogen-bond donors (Lipinski definition) is 3. The highest BCUT2D eigenvalue weighted by molar-refractivity contribution is 7.92. The van der Waals surface area contributed by atoms with E-state index in [-0.39, 0.29) is 10.6 Å². The Morgan fingerprint density at radius 1 is 1.10 bits per heavy atom. The molecule has 0 amide bonds. The first-order valence-corrected chi connectivity index (χ1v) is 7.46. The Bertz CT molecular complexity index is 732. The highest BCUT2D eigenvalue weighted by Gasteiger charge is 2.20. The smallest absolute Gasteiger partial charge is 0.262 e. The van der Waals surface area contributed by atoms with E-state index in [1.165, 1.54) is 12.1 Å². The number of aryl methyl sites for hydroxylation is 2. The van der Waals surface area contributed by atoms with Crippen molar-refractivity contribution in [2.75, 3.05) is 10.5 Å². The second-order valence-electron chi connectivity index (χ2n) is 4.64. The molecule has 4 N–H and O–H groups in total. The topological polar surface area (TPSA) is 92.4 Å². The third-order valence-electron chi connectivity index (χ3n) is 2.85. The monoisotopic (exact) mass is 292 g/mol. The third kappa shape index (κ3) is 2.85. The molecular formula is C14H16N2O3S. The first-order chi connectivity index (χ1) is 9.29. The second kappa shape index (κ2) is 5.05.